The van der Waals surface area contributed by atoms with Gasteiger partial charge in [0.1, 0.15) is 12.3 Å². The average Bonchev–Trinajstić information content (AvgIpc) is 3.61. The monoisotopic (exact) mass is 707 g/mol. The summed E-state index contributed by atoms with van der Waals surface area (Å²) in [6, 6.07) is 13.7. The second kappa shape index (κ2) is 15.4. The molecule has 12 nitrogen and oxygen atoms in total. The molecule has 49 heavy (non-hydrogen) atoms. The zero-order chi connectivity index (χ0) is 34.7. The van der Waals surface area contributed by atoms with Crippen LogP contribution in [-0.2, 0) is 0 Å². The van der Waals surface area contributed by atoms with Crippen molar-refractivity contribution >= 4 is 57.7 Å². The Bertz CT molecular complexity index is 1690. The molecule has 3 heterocycles. The summed E-state index contributed by atoms with van der Waals surface area (Å²) < 4.78 is 11.8. The first-order chi connectivity index (χ1) is 23.7. The van der Waals surface area contributed by atoms with Gasteiger partial charge in [0.2, 0.25) is 0 Å². The molecular weight excluding hydrogens is 667 g/mol. The minimum atomic E-state index is -0.537. The van der Waals surface area contributed by atoms with E-state index in [0.29, 0.717) is 49.2 Å². The molecule has 3 aliphatic rings. The Kier molecular flexibility index (Phi) is 11.0. The van der Waals surface area contributed by atoms with Crippen molar-refractivity contribution in [2.75, 3.05) is 64.7 Å². The average molecular weight is 708 g/mol. The van der Waals surface area contributed by atoms with Crippen molar-refractivity contribution in [3.8, 4) is 11.5 Å². The predicted molar refractivity (Wildman–Crippen MR) is 192 cm³/mol. The summed E-state index contributed by atoms with van der Waals surface area (Å²) in [5.41, 5.74) is 0.751. The van der Waals surface area contributed by atoms with Gasteiger partial charge in [-0.15, -0.1) is 23.5 Å². The molecule has 260 valence electrons. The lowest BCUT2D eigenvalue weighted by atomic mass is 9.94. The molecule has 2 fully saturated rings. The highest BCUT2D eigenvalue weighted by Crippen LogP contribution is 2.39. The van der Waals surface area contributed by atoms with Crippen LogP contribution in [0.15, 0.2) is 48.5 Å². The van der Waals surface area contributed by atoms with Gasteiger partial charge in [0.15, 0.2) is 11.5 Å². The van der Waals surface area contributed by atoms with E-state index in [1.165, 1.54) is 24.1 Å². The van der Waals surface area contributed by atoms with Gasteiger partial charge in [-0.3, -0.25) is 39.2 Å². The number of carbonyl (C=O) groups is 3. The third-order valence-electron chi connectivity index (χ3n) is 9.31. The Balaban J connectivity index is 1.09. The van der Waals surface area contributed by atoms with E-state index in [-0.39, 0.29) is 64.5 Å². The molecule has 0 spiro atoms. The number of rotatable bonds is 13. The molecule has 1 atom stereocenters. The van der Waals surface area contributed by atoms with E-state index >= 15 is 0 Å². The van der Waals surface area contributed by atoms with Crippen molar-refractivity contribution in [2.45, 2.75) is 37.3 Å². The van der Waals surface area contributed by atoms with Crippen LogP contribution in [0.2, 0.25) is 0 Å². The number of hydrogen-bond donors (Lipinski definition) is 0. The summed E-state index contributed by atoms with van der Waals surface area (Å²) in [6.45, 7) is 7.43. The summed E-state index contributed by atoms with van der Waals surface area (Å²) in [7, 11) is 1.45. The first-order valence-electron chi connectivity index (χ1n) is 16.6. The van der Waals surface area contributed by atoms with Crippen molar-refractivity contribution < 1.29 is 28.8 Å². The van der Waals surface area contributed by atoms with Crippen molar-refractivity contribution in [1.82, 2.24) is 19.6 Å². The molecule has 0 aromatic heterocycles. The number of hydrogen-bond acceptors (Lipinski definition) is 11. The van der Waals surface area contributed by atoms with Crippen LogP contribution < -0.4 is 9.47 Å². The van der Waals surface area contributed by atoms with Crippen molar-refractivity contribution in [3.05, 3.63) is 75.3 Å². The zero-order valence-corrected chi connectivity index (χ0v) is 29.6. The Hall–Kier alpha value is -3.85. The Morgan fingerprint density at radius 2 is 1.57 bits per heavy atom. The van der Waals surface area contributed by atoms with Crippen molar-refractivity contribution in [1.29, 1.82) is 0 Å². The maximum Gasteiger partial charge on any atom is 0.286 e. The molecule has 0 aliphatic carbocycles. The number of nitro groups is 1. The van der Waals surface area contributed by atoms with Crippen LogP contribution in [-0.4, -0.2) is 118 Å². The van der Waals surface area contributed by atoms with E-state index in [1.807, 2.05) is 52.7 Å². The van der Waals surface area contributed by atoms with Crippen LogP contribution >= 0.6 is 23.5 Å². The second-order valence-electron chi connectivity index (χ2n) is 12.2. The number of nitro benzene ring substituents is 1. The van der Waals surface area contributed by atoms with Crippen LogP contribution in [0.3, 0.4) is 0 Å². The van der Waals surface area contributed by atoms with Crippen molar-refractivity contribution in [3.63, 3.8) is 0 Å². The van der Waals surface area contributed by atoms with Gasteiger partial charge in [-0.05, 0) is 41.9 Å². The lowest BCUT2D eigenvalue weighted by molar-refractivity contribution is -0.385. The van der Waals surface area contributed by atoms with Gasteiger partial charge < -0.3 is 14.4 Å². The number of nitrogens with zero attached hydrogens (tertiary/aromatic N) is 5. The number of amides is 3. The van der Waals surface area contributed by atoms with Crippen LogP contribution in [0, 0.1) is 10.1 Å². The zero-order valence-electron chi connectivity index (χ0n) is 28.0. The van der Waals surface area contributed by atoms with Crippen LogP contribution in [0.25, 0.3) is 10.8 Å². The van der Waals surface area contributed by atoms with Gasteiger partial charge >= 0.3 is 0 Å². The number of likely N-dealkylation sites (tertiary alicyclic amines) is 1. The summed E-state index contributed by atoms with van der Waals surface area (Å²) in [5.74, 6) is 1.34. The number of methoxy groups -OCH3 is 1. The van der Waals surface area contributed by atoms with Gasteiger partial charge in [-0.25, -0.2) is 0 Å². The van der Waals surface area contributed by atoms with E-state index in [0.717, 1.165) is 29.7 Å². The molecule has 0 N–H and O–H groups in total. The SMILES string of the molecule is CCSC(SCC)[C@H]1CCCN1C(=O)c1cc(OC)c(OCN2CCN(CN3C(=O)c4cccc5cccc(c45)C3=O)CC2)cc1[N+](=O)[O-]. The smallest absolute Gasteiger partial charge is 0.286 e. The topological polar surface area (TPSA) is 126 Å². The number of piperazine rings is 1. The summed E-state index contributed by atoms with van der Waals surface area (Å²) in [6.07, 6.45) is 1.72. The van der Waals surface area contributed by atoms with Crippen LogP contribution in [0.4, 0.5) is 5.69 Å². The van der Waals surface area contributed by atoms with E-state index in [4.69, 9.17) is 9.47 Å². The molecule has 3 amide bonds. The number of thioether (sulfide) groups is 2. The standard InChI is InChI=1S/C35H41N5O7S2/c1-4-48-35(49-5-2)27-13-8-14-38(27)34(43)26-19-29(46-3)30(20-28(26)40(44)45)47-22-37-17-15-36(16-18-37)21-39-32(41)24-11-6-9-23-10-7-12-25(31(23)24)33(39)42/h6-7,9-12,19-20,27,35H,4-5,8,13-18,21-22H2,1-3H3/t27-/m1/s1. The maximum absolute atomic E-state index is 13.9. The minimum absolute atomic E-state index is 0.00100. The van der Waals surface area contributed by atoms with Crippen LogP contribution in [0.1, 0.15) is 57.8 Å². The molecule has 2 saturated heterocycles. The third-order valence-corrected chi connectivity index (χ3v) is 12.1. The highest BCUT2D eigenvalue weighted by atomic mass is 32.2. The normalized spacial score (nSPS) is 18.5. The minimum Gasteiger partial charge on any atom is -0.493 e. The molecule has 6 rings (SSSR count). The Morgan fingerprint density at radius 1 is 0.939 bits per heavy atom. The van der Waals surface area contributed by atoms with Gasteiger partial charge in [-0.1, -0.05) is 38.1 Å². The predicted octanol–water partition coefficient (Wildman–Crippen LogP) is 5.40. The highest BCUT2D eigenvalue weighted by Gasteiger charge is 2.39. The number of carbonyl (C=O) groups excluding carboxylic acids is 3. The van der Waals surface area contributed by atoms with Crippen LogP contribution in [0.5, 0.6) is 11.5 Å². The van der Waals surface area contributed by atoms with E-state index in [2.05, 4.69) is 18.7 Å². The highest BCUT2D eigenvalue weighted by molar-refractivity contribution is 8.17. The van der Waals surface area contributed by atoms with E-state index in [9.17, 15) is 24.5 Å². The number of benzene rings is 3. The molecular formula is C35H41N5O7S2. The fourth-order valence-corrected chi connectivity index (χ4v) is 9.72. The molecule has 0 radical (unpaired) electrons. The fraction of sp³-hybridized carbons (Fsp3) is 0.457. The molecule has 3 aliphatic heterocycles. The van der Waals surface area contributed by atoms with E-state index in [1.54, 1.807) is 17.0 Å². The largest absolute Gasteiger partial charge is 0.493 e. The van der Waals surface area contributed by atoms with E-state index < -0.39 is 4.92 Å². The Labute approximate surface area is 294 Å². The quantitative estimate of drug-likeness (QED) is 0.0981. The lowest BCUT2D eigenvalue weighted by Crippen LogP contribution is -2.53. The maximum atomic E-state index is 13.9. The van der Waals surface area contributed by atoms with Gasteiger partial charge in [-0.2, -0.15) is 0 Å². The molecule has 0 saturated carbocycles. The van der Waals surface area contributed by atoms with Gasteiger partial charge in [0.25, 0.3) is 23.4 Å². The third kappa shape index (κ3) is 7.09. The molecule has 0 unspecified atom stereocenters. The second-order valence-corrected chi connectivity index (χ2v) is 15.3. The van der Waals surface area contributed by atoms with Gasteiger partial charge in [0.05, 0.1) is 35.4 Å². The fourth-order valence-electron chi connectivity index (χ4n) is 6.85. The first-order valence-corrected chi connectivity index (χ1v) is 18.7. The van der Waals surface area contributed by atoms with Gasteiger partial charge in [0, 0.05) is 55.3 Å². The first kappa shape index (κ1) is 35.0. The number of ether oxygens (including phenoxy) is 2. The Morgan fingerprint density at radius 3 is 2.16 bits per heavy atom. The number of imide groups is 1. The molecule has 3 aromatic rings. The lowest BCUT2D eigenvalue weighted by Gasteiger charge is -2.37. The molecule has 3 aromatic carbocycles. The molecule has 14 heteroatoms. The summed E-state index contributed by atoms with van der Waals surface area (Å²) >= 11 is 3.62. The summed E-state index contributed by atoms with van der Waals surface area (Å²) in [5, 5.41) is 13.8. The molecule has 0 bridgehead atoms. The van der Waals surface area contributed by atoms with Crippen molar-refractivity contribution in [2.24, 2.45) is 0 Å². The summed E-state index contributed by atoms with van der Waals surface area (Å²) in [4.78, 5) is 59.5.